The maximum Gasteiger partial charge on any atom is 0.317 e. The van der Waals surface area contributed by atoms with Crippen LogP contribution in [0.25, 0.3) is 0 Å². The Morgan fingerprint density at radius 1 is 1.18 bits per heavy atom. The van der Waals surface area contributed by atoms with Gasteiger partial charge < -0.3 is 15.0 Å². The smallest absolute Gasteiger partial charge is 0.317 e. The molecule has 1 aliphatic rings. The number of esters is 1. The van der Waals surface area contributed by atoms with Gasteiger partial charge in [-0.15, -0.1) is 0 Å². The van der Waals surface area contributed by atoms with Crippen molar-refractivity contribution < 1.29 is 14.3 Å². The molecule has 0 aromatic carbocycles. The molecule has 1 aliphatic carbocycles. The van der Waals surface area contributed by atoms with E-state index in [1.807, 2.05) is 6.92 Å². The zero-order valence-corrected chi connectivity index (χ0v) is 14.6. The number of hydrogen-bond donors (Lipinski definition) is 1. The third-order valence-electron chi connectivity index (χ3n) is 4.29. The Balaban J connectivity index is 2.57. The van der Waals surface area contributed by atoms with Crippen LogP contribution < -0.4 is 5.32 Å². The van der Waals surface area contributed by atoms with Crippen LogP contribution in [0, 0.1) is 11.8 Å². The molecule has 5 nitrogen and oxygen atoms in total. The van der Waals surface area contributed by atoms with Gasteiger partial charge in [0.05, 0.1) is 13.0 Å². The van der Waals surface area contributed by atoms with Gasteiger partial charge in [0.15, 0.2) is 0 Å². The van der Waals surface area contributed by atoms with Gasteiger partial charge in [-0.25, -0.2) is 4.79 Å². The fraction of sp³-hybridized carbons (Fsp3) is 0.882. The average molecular weight is 312 g/mol. The second kappa shape index (κ2) is 9.70. The van der Waals surface area contributed by atoms with Crippen molar-refractivity contribution >= 4 is 12.0 Å². The lowest BCUT2D eigenvalue weighted by Gasteiger charge is -2.30. The number of amides is 2. The third-order valence-corrected chi connectivity index (χ3v) is 4.29. The average Bonchev–Trinajstić information content (AvgIpc) is 2.50. The molecular formula is C17H32N2O3. The Kier molecular flexibility index (Phi) is 8.28. The molecule has 1 rings (SSSR count). The van der Waals surface area contributed by atoms with Gasteiger partial charge in [0, 0.05) is 19.1 Å². The van der Waals surface area contributed by atoms with Crippen LogP contribution in [0.5, 0.6) is 0 Å². The summed E-state index contributed by atoms with van der Waals surface area (Å²) in [6, 6.07) is 0.250. The quantitative estimate of drug-likeness (QED) is 0.735. The van der Waals surface area contributed by atoms with Crippen LogP contribution in [0.2, 0.25) is 0 Å². The molecule has 0 heterocycles. The van der Waals surface area contributed by atoms with E-state index in [9.17, 15) is 9.59 Å². The number of nitrogens with zero attached hydrogens (tertiary/aromatic N) is 1. The molecule has 1 N–H and O–H groups in total. The van der Waals surface area contributed by atoms with E-state index in [2.05, 4.69) is 19.2 Å². The van der Waals surface area contributed by atoms with E-state index in [0.717, 1.165) is 19.3 Å². The van der Waals surface area contributed by atoms with E-state index in [1.54, 1.807) is 4.90 Å². The maximum absolute atomic E-state index is 12.5. The van der Waals surface area contributed by atoms with Crippen molar-refractivity contribution in [2.75, 3.05) is 20.2 Å². The van der Waals surface area contributed by atoms with E-state index in [1.165, 1.54) is 26.4 Å². The normalized spacial score (nSPS) is 17.1. The molecule has 0 aliphatic heterocycles. The number of hydrogen-bond acceptors (Lipinski definition) is 3. The standard InChI is InChI=1S/C17H32N2O3/c1-13(2)10-11-19(12-14(3)16(20)22-4)17(21)18-15-8-6-5-7-9-15/h13-15H,5-12H2,1-4H3,(H,18,21). The molecule has 0 aromatic heterocycles. The number of nitrogens with one attached hydrogen (secondary N) is 1. The monoisotopic (exact) mass is 312 g/mol. The van der Waals surface area contributed by atoms with Gasteiger partial charge in [0.2, 0.25) is 0 Å². The molecule has 128 valence electrons. The molecule has 1 atom stereocenters. The van der Waals surface area contributed by atoms with E-state index < -0.39 is 0 Å². The number of carbonyl (C=O) groups excluding carboxylic acids is 2. The Labute approximate surface area is 134 Å². The van der Waals surface area contributed by atoms with E-state index >= 15 is 0 Å². The predicted molar refractivity (Wildman–Crippen MR) is 87.6 cm³/mol. The number of ether oxygens (including phenoxy) is 1. The number of urea groups is 1. The van der Waals surface area contributed by atoms with Crippen LogP contribution in [-0.2, 0) is 9.53 Å². The highest BCUT2D eigenvalue weighted by molar-refractivity contribution is 5.76. The third kappa shape index (κ3) is 6.67. The van der Waals surface area contributed by atoms with Crippen LogP contribution in [0.4, 0.5) is 4.79 Å². The zero-order chi connectivity index (χ0) is 16.5. The van der Waals surface area contributed by atoms with Crippen molar-refractivity contribution in [3.8, 4) is 0 Å². The molecule has 5 heteroatoms. The highest BCUT2D eigenvalue weighted by Gasteiger charge is 2.24. The topological polar surface area (TPSA) is 58.6 Å². The molecule has 0 spiro atoms. The SMILES string of the molecule is COC(=O)C(C)CN(CCC(C)C)C(=O)NC1CCCCC1. The summed E-state index contributed by atoms with van der Waals surface area (Å²) < 4.78 is 4.77. The van der Waals surface area contributed by atoms with Gasteiger partial charge >= 0.3 is 12.0 Å². The Morgan fingerprint density at radius 3 is 2.36 bits per heavy atom. The second-order valence-corrected chi connectivity index (χ2v) is 6.84. The lowest BCUT2D eigenvalue weighted by Crippen LogP contribution is -2.48. The molecule has 22 heavy (non-hydrogen) atoms. The van der Waals surface area contributed by atoms with Crippen LogP contribution in [0.3, 0.4) is 0 Å². The van der Waals surface area contributed by atoms with Crippen molar-refractivity contribution in [3.63, 3.8) is 0 Å². The fourth-order valence-corrected chi connectivity index (χ4v) is 2.81. The number of carbonyl (C=O) groups is 2. The fourth-order valence-electron chi connectivity index (χ4n) is 2.81. The van der Waals surface area contributed by atoms with Gasteiger partial charge in [-0.2, -0.15) is 0 Å². The van der Waals surface area contributed by atoms with Gasteiger partial charge in [-0.3, -0.25) is 4.79 Å². The van der Waals surface area contributed by atoms with Gasteiger partial charge in [-0.1, -0.05) is 40.0 Å². The predicted octanol–water partition coefficient (Wildman–Crippen LogP) is 3.19. The van der Waals surface area contributed by atoms with Gasteiger partial charge in [0.1, 0.15) is 0 Å². The summed E-state index contributed by atoms with van der Waals surface area (Å²) in [7, 11) is 1.39. The molecule has 2 amide bonds. The van der Waals surface area contributed by atoms with Crippen molar-refractivity contribution in [3.05, 3.63) is 0 Å². The van der Waals surface area contributed by atoms with Crippen molar-refractivity contribution in [2.24, 2.45) is 11.8 Å². The molecule has 1 saturated carbocycles. The molecule has 0 saturated heterocycles. The van der Waals surface area contributed by atoms with Gasteiger partial charge in [-0.05, 0) is 25.2 Å². The summed E-state index contributed by atoms with van der Waals surface area (Å²) in [6.45, 7) is 7.18. The van der Waals surface area contributed by atoms with Crippen molar-refractivity contribution in [1.29, 1.82) is 0 Å². The van der Waals surface area contributed by atoms with E-state index in [0.29, 0.717) is 19.0 Å². The molecule has 1 unspecified atom stereocenters. The van der Waals surface area contributed by atoms with Crippen LogP contribution in [-0.4, -0.2) is 43.1 Å². The Morgan fingerprint density at radius 2 is 1.82 bits per heavy atom. The minimum Gasteiger partial charge on any atom is -0.469 e. The largest absolute Gasteiger partial charge is 0.469 e. The summed E-state index contributed by atoms with van der Waals surface area (Å²) in [4.78, 5) is 25.9. The lowest BCUT2D eigenvalue weighted by atomic mass is 9.96. The first-order valence-electron chi connectivity index (χ1n) is 8.57. The molecular weight excluding hydrogens is 280 g/mol. The maximum atomic E-state index is 12.5. The minimum absolute atomic E-state index is 0.0386. The zero-order valence-electron chi connectivity index (χ0n) is 14.6. The first-order valence-corrected chi connectivity index (χ1v) is 8.57. The lowest BCUT2D eigenvalue weighted by molar-refractivity contribution is -0.145. The Hall–Kier alpha value is -1.26. The first-order chi connectivity index (χ1) is 10.4. The highest BCUT2D eigenvalue weighted by Crippen LogP contribution is 2.18. The summed E-state index contributed by atoms with van der Waals surface area (Å²) in [5, 5.41) is 3.14. The molecule has 1 fully saturated rings. The van der Waals surface area contributed by atoms with Crippen LogP contribution in [0.1, 0.15) is 59.3 Å². The Bertz CT molecular complexity index is 352. The highest BCUT2D eigenvalue weighted by atomic mass is 16.5. The van der Waals surface area contributed by atoms with Gasteiger partial charge in [0.25, 0.3) is 0 Å². The number of rotatable bonds is 7. The van der Waals surface area contributed by atoms with Crippen molar-refractivity contribution in [1.82, 2.24) is 10.2 Å². The summed E-state index contributed by atoms with van der Waals surface area (Å²) >= 11 is 0. The van der Waals surface area contributed by atoms with Crippen LogP contribution in [0.15, 0.2) is 0 Å². The molecule has 0 radical (unpaired) electrons. The molecule has 0 aromatic rings. The summed E-state index contributed by atoms with van der Waals surface area (Å²) in [6.07, 6.45) is 6.71. The first kappa shape index (κ1) is 18.8. The summed E-state index contributed by atoms with van der Waals surface area (Å²) in [5.41, 5.74) is 0. The molecule has 0 bridgehead atoms. The minimum atomic E-state index is -0.297. The number of methoxy groups -OCH3 is 1. The van der Waals surface area contributed by atoms with E-state index in [4.69, 9.17) is 4.74 Å². The van der Waals surface area contributed by atoms with Crippen LogP contribution >= 0.6 is 0 Å². The van der Waals surface area contributed by atoms with E-state index in [-0.39, 0.29) is 24.0 Å². The summed E-state index contributed by atoms with van der Waals surface area (Å²) in [5.74, 6) is -0.0345. The van der Waals surface area contributed by atoms with Crippen molar-refractivity contribution in [2.45, 2.75) is 65.3 Å². The second-order valence-electron chi connectivity index (χ2n) is 6.84.